The van der Waals surface area contributed by atoms with Crippen molar-refractivity contribution in [2.45, 2.75) is 11.8 Å². The Hall–Kier alpha value is -2.05. The Balaban J connectivity index is 2.22. The number of hydrogen-bond acceptors (Lipinski definition) is 4. The molecule has 6 heteroatoms. The quantitative estimate of drug-likeness (QED) is 0.918. The predicted molar refractivity (Wildman–Crippen MR) is 75.5 cm³/mol. The van der Waals surface area contributed by atoms with Crippen molar-refractivity contribution in [1.29, 1.82) is 0 Å². The maximum Gasteiger partial charge on any atom is 0.238 e. The van der Waals surface area contributed by atoms with Crippen molar-refractivity contribution in [3.8, 4) is 17.2 Å². The Morgan fingerprint density at radius 1 is 1.00 bits per heavy atom. The van der Waals surface area contributed by atoms with E-state index in [1.54, 1.807) is 24.3 Å². The van der Waals surface area contributed by atoms with Gasteiger partial charge in [-0.3, -0.25) is 0 Å². The Morgan fingerprint density at radius 3 is 2.15 bits per heavy atom. The fraction of sp³-hybridized carbons (Fsp3) is 0.143. The van der Waals surface area contributed by atoms with Gasteiger partial charge in [-0.1, -0.05) is 12.1 Å². The molecule has 2 aromatic rings. The maximum atomic E-state index is 11.2. The molecule has 2 rings (SSSR count). The van der Waals surface area contributed by atoms with E-state index >= 15 is 0 Å². The van der Waals surface area contributed by atoms with E-state index in [0.29, 0.717) is 23.9 Å². The SMILES string of the molecule is CCOc1ccccc1Oc1ccc(S(N)(=O)=O)cc1. The number of nitrogens with two attached hydrogens (primary N) is 1. The lowest BCUT2D eigenvalue weighted by molar-refractivity contribution is 0.321. The molecule has 2 N–H and O–H groups in total. The molecule has 0 unspecified atom stereocenters. The Kier molecular flexibility index (Phi) is 4.26. The van der Waals surface area contributed by atoms with Crippen molar-refractivity contribution < 1.29 is 17.9 Å². The molecule has 106 valence electrons. The largest absolute Gasteiger partial charge is 0.490 e. The molecule has 0 aliphatic heterocycles. The van der Waals surface area contributed by atoms with Crippen LogP contribution in [-0.4, -0.2) is 15.0 Å². The normalized spacial score (nSPS) is 11.1. The summed E-state index contributed by atoms with van der Waals surface area (Å²) in [6, 6.07) is 13.1. The van der Waals surface area contributed by atoms with Crippen molar-refractivity contribution in [3.63, 3.8) is 0 Å². The molecule has 0 aliphatic carbocycles. The summed E-state index contributed by atoms with van der Waals surface area (Å²) in [4.78, 5) is 0.0444. The summed E-state index contributed by atoms with van der Waals surface area (Å²) in [6.07, 6.45) is 0. The van der Waals surface area contributed by atoms with Crippen LogP contribution in [0.2, 0.25) is 0 Å². The first-order valence-electron chi connectivity index (χ1n) is 6.03. The molecule has 0 fully saturated rings. The van der Waals surface area contributed by atoms with Gasteiger partial charge in [0.05, 0.1) is 11.5 Å². The molecule has 0 saturated heterocycles. The van der Waals surface area contributed by atoms with E-state index in [2.05, 4.69) is 0 Å². The summed E-state index contributed by atoms with van der Waals surface area (Å²) in [5.41, 5.74) is 0. The van der Waals surface area contributed by atoms with Crippen LogP contribution in [-0.2, 0) is 10.0 Å². The highest BCUT2D eigenvalue weighted by molar-refractivity contribution is 7.89. The van der Waals surface area contributed by atoms with Crippen LogP contribution in [0.5, 0.6) is 17.2 Å². The van der Waals surface area contributed by atoms with Crippen LogP contribution in [0.4, 0.5) is 0 Å². The van der Waals surface area contributed by atoms with Gasteiger partial charge in [0.2, 0.25) is 10.0 Å². The lowest BCUT2D eigenvalue weighted by Crippen LogP contribution is -2.11. The number of benzene rings is 2. The van der Waals surface area contributed by atoms with Crippen molar-refractivity contribution in [2.75, 3.05) is 6.61 Å². The van der Waals surface area contributed by atoms with Crippen molar-refractivity contribution in [1.82, 2.24) is 0 Å². The van der Waals surface area contributed by atoms with Crippen LogP contribution in [0.1, 0.15) is 6.92 Å². The number of sulfonamides is 1. The van der Waals surface area contributed by atoms with E-state index in [1.807, 2.05) is 19.1 Å². The minimum atomic E-state index is -3.69. The standard InChI is InChI=1S/C14H15NO4S/c1-2-18-13-5-3-4-6-14(13)19-11-7-9-12(10-8-11)20(15,16)17/h3-10H,2H2,1H3,(H2,15,16,17). The summed E-state index contributed by atoms with van der Waals surface area (Å²) in [5.74, 6) is 1.70. The zero-order valence-corrected chi connectivity index (χ0v) is 11.8. The second kappa shape index (κ2) is 5.94. The lowest BCUT2D eigenvalue weighted by atomic mass is 10.3. The predicted octanol–water partition coefficient (Wildman–Crippen LogP) is 2.53. The summed E-state index contributed by atoms with van der Waals surface area (Å²) in [7, 11) is -3.69. The monoisotopic (exact) mass is 293 g/mol. The fourth-order valence-electron chi connectivity index (χ4n) is 1.63. The van der Waals surface area contributed by atoms with Gasteiger partial charge in [0.25, 0.3) is 0 Å². The average molecular weight is 293 g/mol. The van der Waals surface area contributed by atoms with E-state index in [9.17, 15) is 8.42 Å². The molecule has 2 aromatic carbocycles. The average Bonchev–Trinajstić information content (AvgIpc) is 2.41. The minimum Gasteiger partial charge on any atom is -0.490 e. The molecule has 0 aliphatic rings. The molecule has 0 heterocycles. The summed E-state index contributed by atoms with van der Waals surface area (Å²) >= 11 is 0. The van der Waals surface area contributed by atoms with E-state index in [-0.39, 0.29) is 4.90 Å². The van der Waals surface area contributed by atoms with Gasteiger partial charge in [0.1, 0.15) is 5.75 Å². The molecule has 0 bridgehead atoms. The third-order valence-electron chi connectivity index (χ3n) is 2.53. The van der Waals surface area contributed by atoms with Gasteiger partial charge in [0, 0.05) is 0 Å². The van der Waals surface area contributed by atoms with Crippen LogP contribution in [0.3, 0.4) is 0 Å². The highest BCUT2D eigenvalue weighted by atomic mass is 32.2. The molecule has 5 nitrogen and oxygen atoms in total. The number of ether oxygens (including phenoxy) is 2. The highest BCUT2D eigenvalue weighted by Gasteiger charge is 2.09. The first-order valence-corrected chi connectivity index (χ1v) is 7.58. The minimum absolute atomic E-state index is 0.0444. The second-order valence-corrected chi connectivity index (χ2v) is 5.56. The first kappa shape index (κ1) is 14.4. The van der Waals surface area contributed by atoms with Crippen molar-refractivity contribution in [2.24, 2.45) is 5.14 Å². The van der Waals surface area contributed by atoms with E-state index in [4.69, 9.17) is 14.6 Å². The van der Waals surface area contributed by atoms with Crippen LogP contribution in [0.25, 0.3) is 0 Å². The number of para-hydroxylation sites is 2. The van der Waals surface area contributed by atoms with Gasteiger partial charge in [-0.25, -0.2) is 13.6 Å². The Labute approximate surface area is 118 Å². The third-order valence-corrected chi connectivity index (χ3v) is 3.46. The van der Waals surface area contributed by atoms with Crippen LogP contribution in [0, 0.1) is 0 Å². The third kappa shape index (κ3) is 3.49. The second-order valence-electron chi connectivity index (χ2n) is 4.00. The molecule has 0 amide bonds. The van der Waals surface area contributed by atoms with Gasteiger partial charge in [-0.15, -0.1) is 0 Å². The highest BCUT2D eigenvalue weighted by Crippen LogP contribution is 2.31. The first-order chi connectivity index (χ1) is 9.50. The number of primary sulfonamides is 1. The van der Waals surface area contributed by atoms with Gasteiger partial charge >= 0.3 is 0 Å². The zero-order chi connectivity index (χ0) is 14.6. The fourth-order valence-corrected chi connectivity index (χ4v) is 2.15. The smallest absolute Gasteiger partial charge is 0.238 e. The lowest BCUT2D eigenvalue weighted by Gasteiger charge is -2.11. The summed E-state index contributed by atoms with van der Waals surface area (Å²) in [6.45, 7) is 2.42. The maximum absolute atomic E-state index is 11.2. The van der Waals surface area contributed by atoms with Gasteiger partial charge < -0.3 is 9.47 Å². The van der Waals surface area contributed by atoms with Crippen molar-refractivity contribution in [3.05, 3.63) is 48.5 Å². The molecule has 0 saturated carbocycles. The van der Waals surface area contributed by atoms with Gasteiger partial charge in [-0.2, -0.15) is 0 Å². The molecule has 0 radical (unpaired) electrons. The Morgan fingerprint density at radius 2 is 1.60 bits per heavy atom. The van der Waals surface area contributed by atoms with Gasteiger partial charge in [0.15, 0.2) is 11.5 Å². The molecular weight excluding hydrogens is 278 g/mol. The van der Waals surface area contributed by atoms with Crippen molar-refractivity contribution >= 4 is 10.0 Å². The van der Waals surface area contributed by atoms with Crippen LogP contribution in [0.15, 0.2) is 53.4 Å². The van der Waals surface area contributed by atoms with Gasteiger partial charge in [-0.05, 0) is 43.3 Å². The molecule has 20 heavy (non-hydrogen) atoms. The van der Waals surface area contributed by atoms with E-state index < -0.39 is 10.0 Å². The van der Waals surface area contributed by atoms with Crippen LogP contribution < -0.4 is 14.6 Å². The number of hydrogen-bond donors (Lipinski definition) is 1. The molecule has 0 spiro atoms. The summed E-state index contributed by atoms with van der Waals surface area (Å²) < 4.78 is 33.4. The van der Waals surface area contributed by atoms with Crippen LogP contribution >= 0.6 is 0 Å². The molecule has 0 atom stereocenters. The van der Waals surface area contributed by atoms with E-state index in [0.717, 1.165) is 0 Å². The molecular formula is C14H15NO4S. The molecule has 0 aromatic heterocycles. The zero-order valence-electron chi connectivity index (χ0n) is 10.9. The topological polar surface area (TPSA) is 78.6 Å². The summed E-state index contributed by atoms with van der Waals surface area (Å²) in [5, 5.41) is 5.03. The Bertz CT molecular complexity index is 681. The number of rotatable bonds is 5. The van der Waals surface area contributed by atoms with E-state index in [1.165, 1.54) is 12.1 Å².